The molecule has 0 aromatic heterocycles. The number of hydrogen-bond acceptors (Lipinski definition) is 1. The van der Waals surface area contributed by atoms with Crippen LogP contribution in [0.15, 0.2) is 0 Å². The van der Waals surface area contributed by atoms with Crippen LogP contribution in [0.5, 0.6) is 0 Å². The summed E-state index contributed by atoms with van der Waals surface area (Å²) in [5.41, 5.74) is 0.413. The molecule has 0 aromatic rings. The van der Waals surface area contributed by atoms with E-state index in [9.17, 15) is 0 Å². The first-order valence-corrected chi connectivity index (χ1v) is 7.86. The van der Waals surface area contributed by atoms with Crippen molar-refractivity contribution < 1.29 is 0 Å². The van der Waals surface area contributed by atoms with Crippen molar-refractivity contribution in [2.24, 2.45) is 0 Å². The molecule has 0 spiro atoms. The van der Waals surface area contributed by atoms with Gasteiger partial charge in [-0.15, -0.1) is 0 Å². The molecule has 0 atom stereocenters. The zero-order valence-electron chi connectivity index (χ0n) is 14.8. The first-order chi connectivity index (χ1) is 8.11. The van der Waals surface area contributed by atoms with E-state index in [1.165, 1.54) is 25.9 Å². The molecule has 1 nitrogen and oxygen atoms in total. The maximum atomic E-state index is 2.55. The molecule has 0 aliphatic carbocycles. The third-order valence-electron chi connectivity index (χ3n) is 2.05. The fourth-order valence-electron chi connectivity index (χ4n) is 1.39. The molecule has 0 amide bonds. The predicted octanol–water partition coefficient (Wildman–Crippen LogP) is 6.62. The van der Waals surface area contributed by atoms with Gasteiger partial charge in [0.1, 0.15) is 0 Å². The summed E-state index contributed by atoms with van der Waals surface area (Å²) < 4.78 is 0. The highest BCUT2D eigenvalue weighted by atomic mass is 15.2. The molecule has 1 aliphatic rings. The Morgan fingerprint density at radius 1 is 0.611 bits per heavy atom. The molecular formula is C17H45N. The van der Waals surface area contributed by atoms with Crippen LogP contribution in [0.25, 0.3) is 0 Å². The lowest BCUT2D eigenvalue weighted by atomic mass is 10.1. The van der Waals surface area contributed by atoms with Gasteiger partial charge in [0.15, 0.2) is 0 Å². The molecule has 1 aliphatic heterocycles. The predicted molar refractivity (Wildman–Crippen MR) is 92.7 cm³/mol. The Bertz CT molecular complexity index is 86.3. The van der Waals surface area contributed by atoms with Crippen molar-refractivity contribution in [2.45, 2.75) is 102 Å². The molecule has 1 heteroatoms. The summed E-state index contributed by atoms with van der Waals surface area (Å²) in [7, 11) is 0. The molecule has 0 radical (unpaired) electrons. The smallest absolute Gasteiger partial charge is 0.0125 e. The Balaban J connectivity index is -0.0000000542. The summed E-state index contributed by atoms with van der Waals surface area (Å²) in [5.74, 6) is 0. The van der Waals surface area contributed by atoms with Crippen molar-refractivity contribution in [3.05, 3.63) is 0 Å². The summed E-state index contributed by atoms with van der Waals surface area (Å²) in [6, 6.07) is 0. The van der Waals surface area contributed by atoms with Crippen molar-refractivity contribution in [2.75, 3.05) is 13.1 Å². The Morgan fingerprint density at radius 2 is 0.833 bits per heavy atom. The maximum absolute atomic E-state index is 2.55. The highest BCUT2D eigenvalue weighted by Gasteiger charge is 2.23. The lowest BCUT2D eigenvalue weighted by Gasteiger charge is -2.31. The number of hydrogen-bond donors (Lipinski definition) is 0. The van der Waals surface area contributed by atoms with Gasteiger partial charge in [0.2, 0.25) is 0 Å². The third-order valence-corrected chi connectivity index (χ3v) is 2.05. The van der Waals surface area contributed by atoms with Gasteiger partial charge in [0, 0.05) is 5.54 Å². The van der Waals surface area contributed by atoms with E-state index < -0.39 is 0 Å². The second-order valence-corrected chi connectivity index (χ2v) is 3.86. The molecular weight excluding hydrogens is 218 g/mol. The topological polar surface area (TPSA) is 3.24 Å². The lowest BCUT2D eigenvalue weighted by Crippen LogP contribution is -2.38. The molecule has 118 valence electrons. The zero-order valence-corrected chi connectivity index (χ0v) is 14.8. The zero-order chi connectivity index (χ0) is 14.9. The van der Waals surface area contributed by atoms with Gasteiger partial charge in [-0.1, -0.05) is 62.8 Å². The van der Waals surface area contributed by atoms with Gasteiger partial charge in [0.25, 0.3) is 0 Å². The molecule has 0 aromatic carbocycles. The largest absolute Gasteiger partial charge is 0.298 e. The SMILES string of the molecule is C.CC.CC.CC.CC.CC(C)(C)N1CCCC1. The molecule has 1 rings (SSSR count). The Kier molecular flexibility index (Phi) is 43.9. The quantitative estimate of drug-likeness (QED) is 0.474. The fraction of sp³-hybridized carbons (Fsp3) is 1.00. The Labute approximate surface area is 120 Å². The molecule has 1 saturated heterocycles. The van der Waals surface area contributed by atoms with Crippen LogP contribution < -0.4 is 0 Å². The van der Waals surface area contributed by atoms with E-state index in [4.69, 9.17) is 0 Å². The first-order valence-electron chi connectivity index (χ1n) is 7.86. The number of rotatable bonds is 0. The van der Waals surface area contributed by atoms with E-state index in [1.807, 2.05) is 55.4 Å². The van der Waals surface area contributed by atoms with E-state index in [0.29, 0.717) is 5.54 Å². The second kappa shape index (κ2) is 25.7. The van der Waals surface area contributed by atoms with Crippen LogP contribution in [0, 0.1) is 0 Å². The van der Waals surface area contributed by atoms with Gasteiger partial charge < -0.3 is 0 Å². The van der Waals surface area contributed by atoms with Crippen LogP contribution in [-0.4, -0.2) is 23.5 Å². The van der Waals surface area contributed by atoms with Crippen molar-refractivity contribution in [3.63, 3.8) is 0 Å². The highest BCUT2D eigenvalue weighted by molar-refractivity contribution is 4.79. The molecule has 0 unspecified atom stereocenters. The van der Waals surface area contributed by atoms with Crippen LogP contribution in [0.3, 0.4) is 0 Å². The highest BCUT2D eigenvalue weighted by Crippen LogP contribution is 2.19. The summed E-state index contributed by atoms with van der Waals surface area (Å²) in [4.78, 5) is 2.55. The van der Waals surface area contributed by atoms with Crippen LogP contribution in [-0.2, 0) is 0 Å². The third kappa shape index (κ3) is 21.3. The number of likely N-dealkylation sites (tertiary alicyclic amines) is 1. The van der Waals surface area contributed by atoms with Gasteiger partial charge in [0.05, 0.1) is 0 Å². The summed E-state index contributed by atoms with van der Waals surface area (Å²) in [5, 5.41) is 0. The minimum atomic E-state index is 0. The Hall–Kier alpha value is -0.0400. The van der Waals surface area contributed by atoms with Crippen LogP contribution >= 0.6 is 0 Å². The van der Waals surface area contributed by atoms with Gasteiger partial charge in [-0.3, -0.25) is 4.90 Å². The van der Waals surface area contributed by atoms with Crippen LogP contribution in [0.4, 0.5) is 0 Å². The maximum Gasteiger partial charge on any atom is 0.0125 e. The van der Waals surface area contributed by atoms with Crippen LogP contribution in [0.2, 0.25) is 0 Å². The molecule has 18 heavy (non-hydrogen) atoms. The molecule has 0 N–H and O–H groups in total. The average Bonchev–Trinajstić information content (AvgIpc) is 2.93. The van der Waals surface area contributed by atoms with Crippen molar-refractivity contribution in [3.8, 4) is 0 Å². The van der Waals surface area contributed by atoms with Gasteiger partial charge >= 0.3 is 0 Å². The van der Waals surface area contributed by atoms with Crippen LogP contribution in [0.1, 0.15) is 96.4 Å². The van der Waals surface area contributed by atoms with Gasteiger partial charge in [-0.2, -0.15) is 0 Å². The monoisotopic (exact) mass is 263 g/mol. The summed E-state index contributed by atoms with van der Waals surface area (Å²) in [6.45, 7) is 25.5. The molecule has 1 heterocycles. The lowest BCUT2D eigenvalue weighted by molar-refractivity contribution is 0.175. The van der Waals surface area contributed by atoms with E-state index in [-0.39, 0.29) is 7.43 Å². The van der Waals surface area contributed by atoms with Gasteiger partial charge in [-0.05, 0) is 46.7 Å². The van der Waals surface area contributed by atoms with E-state index in [1.54, 1.807) is 0 Å². The first kappa shape index (κ1) is 30.8. The average molecular weight is 264 g/mol. The normalized spacial score (nSPS) is 12.8. The van der Waals surface area contributed by atoms with Crippen molar-refractivity contribution in [1.82, 2.24) is 4.90 Å². The van der Waals surface area contributed by atoms with E-state index >= 15 is 0 Å². The molecule has 1 fully saturated rings. The van der Waals surface area contributed by atoms with Crippen molar-refractivity contribution >= 4 is 0 Å². The fourth-order valence-corrected chi connectivity index (χ4v) is 1.39. The number of nitrogens with zero attached hydrogens (tertiary/aromatic N) is 1. The van der Waals surface area contributed by atoms with Gasteiger partial charge in [-0.25, -0.2) is 0 Å². The molecule has 0 saturated carbocycles. The van der Waals surface area contributed by atoms with Crippen molar-refractivity contribution in [1.29, 1.82) is 0 Å². The van der Waals surface area contributed by atoms with E-state index in [2.05, 4.69) is 25.7 Å². The Morgan fingerprint density at radius 3 is 0.944 bits per heavy atom. The molecule has 0 bridgehead atoms. The summed E-state index contributed by atoms with van der Waals surface area (Å²) >= 11 is 0. The summed E-state index contributed by atoms with van der Waals surface area (Å²) in [6.07, 6.45) is 2.80. The minimum Gasteiger partial charge on any atom is -0.298 e. The van der Waals surface area contributed by atoms with E-state index in [0.717, 1.165) is 0 Å². The second-order valence-electron chi connectivity index (χ2n) is 3.86. The minimum absolute atomic E-state index is 0. The standard InChI is InChI=1S/C8H17N.4C2H6.CH4/c1-8(2,3)9-6-4-5-7-9;4*1-2;/h4-7H2,1-3H3;4*1-2H3;1H4.